The molecule has 1 unspecified atom stereocenters. The minimum absolute atomic E-state index is 0.278. The molecule has 0 saturated carbocycles. The van der Waals surface area contributed by atoms with Crippen LogP contribution in [0.1, 0.15) is 19.8 Å². The predicted octanol–water partition coefficient (Wildman–Crippen LogP) is 3.08. The molecule has 1 fully saturated rings. The smallest absolute Gasteiger partial charge is 0.134 e. The number of ketones is 1. The topological polar surface area (TPSA) is 20.3 Å². The Kier molecular flexibility index (Phi) is 5.26. The summed E-state index contributed by atoms with van der Waals surface area (Å²) in [7, 11) is 0. The van der Waals surface area contributed by atoms with Crippen molar-refractivity contribution in [2.75, 3.05) is 25.4 Å². The lowest BCUT2D eigenvalue weighted by Gasteiger charge is -2.31. The third-order valence-electron chi connectivity index (χ3n) is 3.50. The molecule has 1 atom stereocenters. The van der Waals surface area contributed by atoms with Gasteiger partial charge in [0.25, 0.3) is 0 Å². The highest BCUT2D eigenvalue weighted by atomic mass is 32.2. The standard InChI is InChI=1S/C15H21NOS/c1-13(17)14-6-5-9-16(12-14)10-11-18-15-7-3-2-4-8-15/h2-4,7-8,14H,5-6,9-12H2,1H3. The molecule has 1 heterocycles. The summed E-state index contributed by atoms with van der Waals surface area (Å²) < 4.78 is 0. The Hall–Kier alpha value is -0.800. The number of hydrogen-bond acceptors (Lipinski definition) is 3. The van der Waals surface area contributed by atoms with E-state index in [0.29, 0.717) is 5.78 Å². The number of carbonyl (C=O) groups excluding carboxylic acids is 1. The Morgan fingerprint density at radius 2 is 2.17 bits per heavy atom. The lowest BCUT2D eigenvalue weighted by molar-refractivity contribution is -0.122. The molecule has 0 radical (unpaired) electrons. The maximum Gasteiger partial charge on any atom is 0.134 e. The van der Waals surface area contributed by atoms with Crippen molar-refractivity contribution in [1.82, 2.24) is 4.90 Å². The number of rotatable bonds is 5. The zero-order valence-electron chi connectivity index (χ0n) is 11.0. The van der Waals surface area contributed by atoms with Gasteiger partial charge in [0.1, 0.15) is 5.78 Å². The van der Waals surface area contributed by atoms with Crippen LogP contribution in [-0.2, 0) is 4.79 Å². The minimum atomic E-state index is 0.278. The average Bonchev–Trinajstić information content (AvgIpc) is 2.40. The van der Waals surface area contributed by atoms with Gasteiger partial charge in [-0.1, -0.05) is 18.2 Å². The average molecular weight is 263 g/mol. The molecule has 0 N–H and O–H groups in total. The molecule has 0 aromatic heterocycles. The van der Waals surface area contributed by atoms with E-state index < -0.39 is 0 Å². The largest absolute Gasteiger partial charge is 0.302 e. The number of likely N-dealkylation sites (tertiary alicyclic amines) is 1. The van der Waals surface area contributed by atoms with Crippen molar-refractivity contribution in [3.8, 4) is 0 Å². The quantitative estimate of drug-likeness (QED) is 0.761. The van der Waals surface area contributed by atoms with Gasteiger partial charge in [0, 0.05) is 29.7 Å². The summed E-state index contributed by atoms with van der Waals surface area (Å²) >= 11 is 1.90. The Morgan fingerprint density at radius 3 is 2.89 bits per heavy atom. The first-order chi connectivity index (χ1) is 8.75. The molecule has 0 spiro atoms. The van der Waals surface area contributed by atoms with Gasteiger partial charge >= 0.3 is 0 Å². The van der Waals surface area contributed by atoms with Crippen molar-refractivity contribution in [2.45, 2.75) is 24.7 Å². The number of Topliss-reactive ketones (excluding diaryl/α,β-unsaturated/α-hetero) is 1. The van der Waals surface area contributed by atoms with Crippen molar-refractivity contribution >= 4 is 17.5 Å². The highest BCUT2D eigenvalue weighted by Gasteiger charge is 2.22. The van der Waals surface area contributed by atoms with Crippen molar-refractivity contribution in [1.29, 1.82) is 0 Å². The highest BCUT2D eigenvalue weighted by molar-refractivity contribution is 7.99. The van der Waals surface area contributed by atoms with E-state index in [2.05, 4.69) is 29.2 Å². The molecule has 2 rings (SSSR count). The number of carbonyl (C=O) groups is 1. The Morgan fingerprint density at radius 1 is 1.39 bits per heavy atom. The summed E-state index contributed by atoms with van der Waals surface area (Å²) in [5.74, 6) is 1.74. The van der Waals surface area contributed by atoms with E-state index in [1.165, 1.54) is 11.3 Å². The molecule has 18 heavy (non-hydrogen) atoms. The third-order valence-corrected chi connectivity index (χ3v) is 4.49. The maximum absolute atomic E-state index is 11.4. The van der Waals surface area contributed by atoms with Crippen molar-refractivity contribution in [3.05, 3.63) is 30.3 Å². The molecule has 0 amide bonds. The van der Waals surface area contributed by atoms with Crippen LogP contribution in [0.3, 0.4) is 0 Å². The van der Waals surface area contributed by atoms with Crippen molar-refractivity contribution in [2.24, 2.45) is 5.92 Å². The van der Waals surface area contributed by atoms with Crippen LogP contribution in [0.2, 0.25) is 0 Å². The first-order valence-corrected chi connectivity index (χ1v) is 7.65. The second-order valence-electron chi connectivity index (χ2n) is 4.91. The van der Waals surface area contributed by atoms with Gasteiger partial charge in [-0.3, -0.25) is 4.79 Å². The predicted molar refractivity (Wildman–Crippen MR) is 77.0 cm³/mol. The molecule has 1 saturated heterocycles. The number of piperidine rings is 1. The van der Waals surface area contributed by atoms with Gasteiger partial charge in [0.15, 0.2) is 0 Å². The molecule has 1 aliphatic rings. The molecule has 1 aromatic rings. The number of nitrogens with zero attached hydrogens (tertiary/aromatic N) is 1. The lowest BCUT2D eigenvalue weighted by Crippen LogP contribution is -2.39. The second-order valence-corrected chi connectivity index (χ2v) is 6.08. The monoisotopic (exact) mass is 263 g/mol. The van der Waals surface area contributed by atoms with Gasteiger partial charge in [0.05, 0.1) is 0 Å². The summed E-state index contributed by atoms with van der Waals surface area (Å²) in [5, 5.41) is 0. The zero-order valence-corrected chi connectivity index (χ0v) is 11.8. The Balaban J connectivity index is 1.72. The second kappa shape index (κ2) is 6.95. The van der Waals surface area contributed by atoms with E-state index in [9.17, 15) is 4.79 Å². The van der Waals surface area contributed by atoms with Crippen LogP contribution < -0.4 is 0 Å². The number of thioether (sulfide) groups is 1. The first-order valence-electron chi connectivity index (χ1n) is 6.66. The van der Waals surface area contributed by atoms with Gasteiger partial charge in [-0.25, -0.2) is 0 Å². The maximum atomic E-state index is 11.4. The van der Waals surface area contributed by atoms with Crippen LogP contribution in [-0.4, -0.2) is 36.1 Å². The van der Waals surface area contributed by atoms with Crippen LogP contribution in [0.25, 0.3) is 0 Å². The van der Waals surface area contributed by atoms with Crippen LogP contribution >= 0.6 is 11.8 Å². The van der Waals surface area contributed by atoms with E-state index in [4.69, 9.17) is 0 Å². The number of hydrogen-bond donors (Lipinski definition) is 0. The number of benzene rings is 1. The summed E-state index contributed by atoms with van der Waals surface area (Å²) in [4.78, 5) is 15.2. The molecule has 2 nitrogen and oxygen atoms in total. The highest BCUT2D eigenvalue weighted by Crippen LogP contribution is 2.20. The summed E-state index contributed by atoms with van der Waals surface area (Å²) in [6, 6.07) is 10.5. The fraction of sp³-hybridized carbons (Fsp3) is 0.533. The SMILES string of the molecule is CC(=O)C1CCCN(CCSc2ccccc2)C1. The van der Waals surface area contributed by atoms with E-state index in [-0.39, 0.29) is 5.92 Å². The molecule has 98 valence electrons. The van der Waals surface area contributed by atoms with Crippen molar-refractivity contribution in [3.63, 3.8) is 0 Å². The summed E-state index contributed by atoms with van der Waals surface area (Å²) in [5.41, 5.74) is 0. The fourth-order valence-electron chi connectivity index (χ4n) is 2.40. The van der Waals surface area contributed by atoms with E-state index in [1.54, 1.807) is 6.92 Å². The van der Waals surface area contributed by atoms with Crippen LogP contribution in [0.15, 0.2) is 35.2 Å². The van der Waals surface area contributed by atoms with Gasteiger partial charge in [-0.05, 0) is 38.4 Å². The van der Waals surface area contributed by atoms with Crippen LogP contribution in [0.5, 0.6) is 0 Å². The summed E-state index contributed by atoms with van der Waals surface area (Å²) in [6.07, 6.45) is 2.25. The Labute approximate surface area is 114 Å². The van der Waals surface area contributed by atoms with Crippen LogP contribution in [0, 0.1) is 5.92 Å². The van der Waals surface area contributed by atoms with Gasteiger partial charge in [0.2, 0.25) is 0 Å². The first kappa shape index (κ1) is 13.6. The van der Waals surface area contributed by atoms with Gasteiger partial charge < -0.3 is 4.90 Å². The molecule has 1 aliphatic heterocycles. The minimum Gasteiger partial charge on any atom is -0.302 e. The van der Waals surface area contributed by atoms with E-state index in [0.717, 1.165) is 31.8 Å². The molecule has 0 aliphatic carbocycles. The van der Waals surface area contributed by atoms with Crippen LogP contribution in [0.4, 0.5) is 0 Å². The molecule has 0 bridgehead atoms. The Bertz CT molecular complexity index is 379. The van der Waals surface area contributed by atoms with E-state index in [1.807, 2.05) is 17.8 Å². The lowest BCUT2D eigenvalue weighted by atomic mass is 9.95. The van der Waals surface area contributed by atoms with Gasteiger partial charge in [-0.15, -0.1) is 11.8 Å². The molecule has 1 aromatic carbocycles. The zero-order chi connectivity index (χ0) is 12.8. The molecular formula is C15H21NOS. The molecular weight excluding hydrogens is 242 g/mol. The third kappa shape index (κ3) is 4.14. The van der Waals surface area contributed by atoms with Crippen molar-refractivity contribution < 1.29 is 4.79 Å². The molecule has 3 heteroatoms. The normalized spacial score (nSPS) is 20.8. The summed E-state index contributed by atoms with van der Waals surface area (Å²) in [6.45, 7) is 4.93. The van der Waals surface area contributed by atoms with Gasteiger partial charge in [-0.2, -0.15) is 0 Å². The van der Waals surface area contributed by atoms with E-state index >= 15 is 0 Å². The fourth-order valence-corrected chi connectivity index (χ4v) is 3.33.